The Morgan fingerprint density at radius 1 is 1.17 bits per heavy atom. The van der Waals surface area contributed by atoms with Crippen molar-refractivity contribution in [1.82, 2.24) is 15.1 Å². The Bertz CT molecular complexity index is 1740. The van der Waals surface area contributed by atoms with Crippen molar-refractivity contribution < 1.29 is 43.3 Å². The van der Waals surface area contributed by atoms with Gasteiger partial charge in [-0.05, 0) is 82.3 Å². The van der Waals surface area contributed by atoms with Crippen LogP contribution in [-0.4, -0.2) is 109 Å². The van der Waals surface area contributed by atoms with Crippen LogP contribution in [-0.2, 0) is 35.8 Å². The van der Waals surface area contributed by atoms with Crippen molar-refractivity contribution in [2.24, 2.45) is 28.3 Å². The summed E-state index contributed by atoms with van der Waals surface area (Å²) in [5, 5.41) is 12.7. The number of nitrogens with one attached hydrogen (secondary N) is 1. The van der Waals surface area contributed by atoms with Crippen LogP contribution in [0.5, 0.6) is 11.5 Å². The number of piperidine rings is 2. The number of ether oxygens (including phenoxy) is 3. The molecule has 1 aromatic carbocycles. The highest BCUT2D eigenvalue weighted by atomic mass is 16.6. The number of hydrogen-bond donors (Lipinski definition) is 4. The summed E-state index contributed by atoms with van der Waals surface area (Å²) in [5.74, 6) is -2.05. The van der Waals surface area contributed by atoms with Gasteiger partial charge in [-0.25, -0.2) is 4.79 Å². The van der Waals surface area contributed by atoms with E-state index in [2.05, 4.69) is 34.4 Å². The summed E-state index contributed by atoms with van der Waals surface area (Å²) < 4.78 is 18.6. The zero-order chi connectivity index (χ0) is 37.3. The van der Waals surface area contributed by atoms with Crippen molar-refractivity contribution in [2.45, 2.75) is 81.9 Å². The van der Waals surface area contributed by atoms with Gasteiger partial charge in [-0.3, -0.25) is 29.1 Å². The number of likely N-dealkylation sites (tertiary alicyclic amines) is 2. The molecule has 15 nitrogen and oxygen atoms in total. The topological polar surface area (TPSA) is 216 Å². The molecule has 6 N–H and O–H groups in total. The fourth-order valence-electron chi connectivity index (χ4n) is 8.74. The van der Waals surface area contributed by atoms with E-state index in [1.165, 1.54) is 23.0 Å². The molecule has 6 atom stereocenters. The lowest BCUT2D eigenvalue weighted by Gasteiger charge is -2.52. The Morgan fingerprint density at radius 3 is 2.67 bits per heavy atom. The van der Waals surface area contributed by atoms with Crippen molar-refractivity contribution in [2.75, 3.05) is 40.3 Å². The van der Waals surface area contributed by atoms with Gasteiger partial charge in [0.05, 0.1) is 30.9 Å². The Balaban J connectivity index is 1.20. The second-order valence-corrected chi connectivity index (χ2v) is 14.5. The van der Waals surface area contributed by atoms with Gasteiger partial charge in [0.25, 0.3) is 0 Å². The van der Waals surface area contributed by atoms with Gasteiger partial charge >= 0.3 is 12.1 Å². The SMILES string of the molecule is COc1ccc2c3c1OC1C(OC(=O)N4CCC(C(=O)O)CC4CNC(=O)[C@H](CCCN=C(N)N)CC(=O)CC(C)=O)=CC=C4[C@@H](C2)N(C)CC[C@]431. The third-order valence-corrected chi connectivity index (χ3v) is 11.2. The van der Waals surface area contributed by atoms with Crippen molar-refractivity contribution >= 4 is 35.5 Å². The molecule has 2 aliphatic carbocycles. The maximum absolute atomic E-state index is 14.1. The lowest BCUT2D eigenvalue weighted by Crippen LogP contribution is -2.59. The van der Waals surface area contributed by atoms with Gasteiger partial charge in [0.15, 0.2) is 29.3 Å². The number of nitrogens with zero attached hydrogens (tertiary/aromatic N) is 3. The van der Waals surface area contributed by atoms with Gasteiger partial charge in [0.1, 0.15) is 11.6 Å². The number of ketones is 2. The number of carbonyl (C=O) groups excluding carboxylic acids is 4. The number of allylic oxidation sites excluding steroid dienone is 2. The van der Waals surface area contributed by atoms with Crippen molar-refractivity contribution in [3.63, 3.8) is 0 Å². The molecule has 2 saturated heterocycles. The van der Waals surface area contributed by atoms with Crippen LogP contribution >= 0.6 is 0 Å². The van der Waals surface area contributed by atoms with Gasteiger partial charge in [-0.15, -0.1) is 0 Å². The molecule has 3 aliphatic heterocycles. The molecule has 0 aromatic heterocycles. The molecule has 0 radical (unpaired) electrons. The minimum Gasteiger partial charge on any atom is -0.493 e. The fraction of sp³-hybridized carbons (Fsp3) is 0.568. The second-order valence-electron chi connectivity index (χ2n) is 14.5. The molecule has 280 valence electrons. The molecule has 2 amide bonds. The minimum atomic E-state index is -0.987. The first-order valence-corrected chi connectivity index (χ1v) is 17.9. The Kier molecular flexibility index (Phi) is 10.6. The van der Waals surface area contributed by atoms with Gasteiger partial charge < -0.3 is 41.0 Å². The largest absolute Gasteiger partial charge is 0.493 e. The molecule has 2 bridgehead atoms. The molecule has 52 heavy (non-hydrogen) atoms. The van der Waals surface area contributed by atoms with Crippen molar-refractivity contribution in [1.29, 1.82) is 0 Å². The summed E-state index contributed by atoms with van der Waals surface area (Å²) in [7, 11) is 3.73. The number of benzene rings is 1. The summed E-state index contributed by atoms with van der Waals surface area (Å²) in [5.41, 5.74) is 13.8. The lowest BCUT2D eigenvalue weighted by atomic mass is 9.57. The molecule has 3 heterocycles. The number of aliphatic carboxylic acids is 1. The van der Waals surface area contributed by atoms with Crippen LogP contribution < -0.4 is 26.3 Å². The first kappa shape index (κ1) is 36.9. The molecular formula is C37H48N6O9. The quantitative estimate of drug-likeness (QED) is 0.0937. The predicted octanol–water partition coefficient (Wildman–Crippen LogP) is 1.80. The molecule has 6 rings (SSSR count). The highest BCUT2D eigenvalue weighted by molar-refractivity contribution is 5.99. The number of likely N-dealkylation sites (N-methyl/N-ethyl adjacent to an activating group) is 1. The van der Waals surface area contributed by atoms with E-state index < -0.39 is 47.4 Å². The fourth-order valence-corrected chi connectivity index (χ4v) is 8.74. The van der Waals surface area contributed by atoms with Crippen LogP contribution in [0, 0.1) is 11.8 Å². The predicted molar refractivity (Wildman–Crippen MR) is 189 cm³/mol. The first-order chi connectivity index (χ1) is 24.8. The van der Waals surface area contributed by atoms with E-state index in [4.69, 9.17) is 25.7 Å². The summed E-state index contributed by atoms with van der Waals surface area (Å²) in [6.45, 7) is 2.44. The summed E-state index contributed by atoms with van der Waals surface area (Å²) in [4.78, 5) is 71.5. The number of Topliss-reactive ketones (excluding diaryl/α,β-unsaturated/α-hetero) is 2. The van der Waals surface area contributed by atoms with Crippen LogP contribution in [0.1, 0.15) is 63.0 Å². The van der Waals surface area contributed by atoms with Crippen molar-refractivity contribution in [3.05, 3.63) is 46.7 Å². The summed E-state index contributed by atoms with van der Waals surface area (Å²) in [6, 6.07) is 3.49. The number of aliphatic imine (C=N–C) groups is 1. The average molecular weight is 721 g/mol. The Labute approximate surface area is 302 Å². The molecule has 1 spiro atoms. The van der Waals surface area contributed by atoms with Crippen LogP contribution in [0.25, 0.3) is 0 Å². The third-order valence-electron chi connectivity index (χ3n) is 11.2. The number of hydrogen-bond acceptors (Lipinski definition) is 10. The van der Waals surface area contributed by atoms with Gasteiger partial charge in [0.2, 0.25) is 5.91 Å². The van der Waals surface area contributed by atoms with Gasteiger partial charge in [-0.1, -0.05) is 12.1 Å². The van der Waals surface area contributed by atoms with Crippen LogP contribution in [0.3, 0.4) is 0 Å². The smallest absolute Gasteiger partial charge is 0.415 e. The van der Waals surface area contributed by atoms with Gasteiger partial charge in [-0.2, -0.15) is 0 Å². The number of methoxy groups -OCH3 is 1. The molecule has 15 heteroatoms. The third kappa shape index (κ3) is 6.97. The molecular weight excluding hydrogens is 672 g/mol. The van der Waals surface area contributed by atoms with E-state index in [0.29, 0.717) is 23.7 Å². The zero-order valence-electron chi connectivity index (χ0n) is 29.9. The van der Waals surface area contributed by atoms with E-state index in [-0.39, 0.29) is 75.3 Å². The van der Waals surface area contributed by atoms with E-state index in [1.54, 1.807) is 13.2 Å². The van der Waals surface area contributed by atoms with Crippen LogP contribution in [0.15, 0.2) is 40.6 Å². The highest BCUT2D eigenvalue weighted by Crippen LogP contribution is 2.62. The van der Waals surface area contributed by atoms with E-state index >= 15 is 0 Å². The number of carboxylic acids is 1. The average Bonchev–Trinajstić information content (AvgIpc) is 3.45. The molecule has 1 aromatic rings. The summed E-state index contributed by atoms with van der Waals surface area (Å²) in [6.07, 6.45) is 4.75. The normalized spacial score (nSPS) is 26.1. The molecule has 5 aliphatic rings. The first-order valence-electron chi connectivity index (χ1n) is 17.9. The number of carboxylic acid groups (broad SMARTS) is 1. The minimum absolute atomic E-state index is 0.0595. The summed E-state index contributed by atoms with van der Waals surface area (Å²) >= 11 is 0. The Hall–Kier alpha value is -4.92. The van der Waals surface area contributed by atoms with Crippen molar-refractivity contribution in [3.8, 4) is 11.5 Å². The number of amides is 2. The van der Waals surface area contributed by atoms with Gasteiger partial charge in [0, 0.05) is 43.6 Å². The van der Waals surface area contributed by atoms with Crippen LogP contribution in [0.2, 0.25) is 0 Å². The highest BCUT2D eigenvalue weighted by Gasteiger charge is 2.62. The second kappa shape index (κ2) is 15.0. The van der Waals surface area contributed by atoms with Crippen LogP contribution in [0.4, 0.5) is 4.79 Å². The zero-order valence-corrected chi connectivity index (χ0v) is 29.9. The number of nitrogens with two attached hydrogens (primary N) is 2. The maximum atomic E-state index is 14.1. The molecule has 2 fully saturated rings. The monoisotopic (exact) mass is 720 g/mol. The number of guanidine groups is 1. The van der Waals surface area contributed by atoms with E-state index in [9.17, 15) is 29.1 Å². The van der Waals surface area contributed by atoms with E-state index in [0.717, 1.165) is 24.9 Å². The molecule has 0 saturated carbocycles. The standard InChI is InChI=1S/C37H48N6O9/c1-20(44)15-25(45)17-22(5-4-12-40-35(38)39)33(46)41-19-24-16-23(34(47)48)10-13-43(24)36(49)51-29-9-7-26-27-18-21-6-8-28(50-3)31-30(21)37(26,32(29)52-31)11-14-42(27)2/h6-9,22-24,27,32H,4-5,10-19H2,1-3H3,(H,41,46)(H,47,48)(H4,38,39,40)/t22-,23?,24?,27-,32?,37+/m1/s1. The number of carbonyl (C=O) groups is 5. The lowest BCUT2D eigenvalue weighted by molar-refractivity contribution is -0.144. The Morgan fingerprint density at radius 2 is 1.96 bits per heavy atom. The molecule has 3 unspecified atom stereocenters. The van der Waals surface area contributed by atoms with E-state index in [1.807, 2.05) is 6.07 Å². The number of rotatable bonds is 14. The maximum Gasteiger partial charge on any atom is 0.415 e.